The molecular weight excluding hydrogens is 255 g/mol. The molecule has 0 heterocycles. The van der Waals surface area contributed by atoms with Gasteiger partial charge in [0.05, 0.1) is 0 Å². The predicted octanol–water partition coefficient (Wildman–Crippen LogP) is -1.39. The van der Waals surface area contributed by atoms with Crippen molar-refractivity contribution in [3.63, 3.8) is 0 Å². The molecule has 0 aliphatic heterocycles. The van der Waals surface area contributed by atoms with Crippen LogP contribution in [0.4, 0.5) is 0 Å². The molecule has 3 heteroatoms. The van der Waals surface area contributed by atoms with Gasteiger partial charge in [-0.25, -0.2) is 0 Å². The Morgan fingerprint density at radius 1 is 1.27 bits per heavy atom. The molecule has 1 aromatic rings. The number of nitrogens with zero attached hydrogens (tertiary/aromatic N) is 1. The van der Waals surface area contributed by atoms with Crippen LogP contribution in [0.5, 0.6) is 0 Å². The number of nitriles is 1. The largest absolute Gasteiger partial charge is 1.00 e. The molecule has 0 aliphatic carbocycles. The van der Waals surface area contributed by atoms with E-state index in [1.54, 1.807) is 0 Å². The van der Waals surface area contributed by atoms with Crippen LogP contribution in [0.2, 0.25) is 0 Å². The minimum absolute atomic E-state index is 0. The van der Waals surface area contributed by atoms with Crippen molar-refractivity contribution in [2.45, 2.75) is 5.02 Å². The van der Waals surface area contributed by atoms with Crippen molar-refractivity contribution < 1.29 is 35.3 Å². The average Bonchev–Trinajstić information content (AvgIpc) is 2.05. The van der Waals surface area contributed by atoms with E-state index >= 15 is 0 Å². The van der Waals surface area contributed by atoms with Crippen LogP contribution in [0.3, 0.4) is 0 Å². The zero-order valence-corrected chi connectivity index (χ0v) is 10.6. The van der Waals surface area contributed by atoms with Gasteiger partial charge in [0, 0.05) is 0 Å². The molecule has 0 fully saturated rings. The molecule has 11 heavy (non-hydrogen) atoms. The monoisotopic (exact) mass is 259 g/mol. The molecule has 0 amide bonds. The Bertz CT molecular complexity index is 250. The van der Waals surface area contributed by atoms with E-state index < -0.39 is 0 Å². The summed E-state index contributed by atoms with van der Waals surface area (Å²) in [5.41, 5.74) is 2.08. The van der Waals surface area contributed by atoms with Gasteiger partial charge in [-0.15, -0.1) is 0 Å². The van der Waals surface area contributed by atoms with Crippen LogP contribution >= 0.6 is 0 Å². The van der Waals surface area contributed by atoms with Crippen molar-refractivity contribution in [3.8, 4) is 6.07 Å². The Morgan fingerprint density at radius 3 is 2.18 bits per heavy atom. The molecule has 0 bridgehead atoms. The fourth-order valence-corrected chi connectivity index (χ4v) is 1.45. The van der Waals surface area contributed by atoms with Crippen LogP contribution in [0, 0.1) is 11.3 Å². The maximum Gasteiger partial charge on any atom is -1.00 e. The number of benzene rings is 1. The second-order valence-electron chi connectivity index (χ2n) is 2.06. The topological polar surface area (TPSA) is 23.8 Å². The molecule has 0 unspecified atom stereocenters. The van der Waals surface area contributed by atoms with Crippen LogP contribution in [0.1, 0.15) is 11.1 Å². The first-order chi connectivity index (χ1) is 4.86. The summed E-state index contributed by atoms with van der Waals surface area (Å²) in [4.78, 5) is 0. The Balaban J connectivity index is 0.000001000. The summed E-state index contributed by atoms with van der Waals surface area (Å²) in [5, 5.41) is 9.62. The SMILES string of the molecule is N#Cc1ccc([CH2][Zn+])cc1.[Br-]. The summed E-state index contributed by atoms with van der Waals surface area (Å²) in [6.07, 6.45) is 0. The van der Waals surface area contributed by atoms with E-state index in [1.807, 2.05) is 24.3 Å². The Hall–Kier alpha value is -0.187. The van der Waals surface area contributed by atoms with Gasteiger partial charge in [0.15, 0.2) is 0 Å². The Morgan fingerprint density at radius 2 is 1.82 bits per heavy atom. The molecule has 0 N–H and O–H groups in total. The zero-order valence-electron chi connectivity index (χ0n) is 6.05. The predicted molar refractivity (Wildman–Crippen MR) is 34.9 cm³/mol. The fraction of sp³-hybridized carbons (Fsp3) is 0.125. The first-order valence-electron chi connectivity index (χ1n) is 3.15. The van der Waals surface area contributed by atoms with Gasteiger partial charge in [0.2, 0.25) is 0 Å². The van der Waals surface area contributed by atoms with E-state index in [-0.39, 0.29) is 17.0 Å². The molecule has 52 valence electrons. The first-order valence-corrected chi connectivity index (χ1v) is 5.25. The minimum Gasteiger partial charge on any atom is -1.00 e. The number of halogens is 1. The molecule has 0 aromatic heterocycles. The van der Waals surface area contributed by atoms with Crippen molar-refractivity contribution in [2.24, 2.45) is 0 Å². The summed E-state index contributed by atoms with van der Waals surface area (Å²) in [6.45, 7) is 0. The first kappa shape index (κ1) is 10.8. The second-order valence-corrected chi connectivity index (χ2v) is 3.11. The van der Waals surface area contributed by atoms with Crippen LogP contribution in [0.25, 0.3) is 0 Å². The van der Waals surface area contributed by atoms with Gasteiger partial charge >= 0.3 is 70.0 Å². The van der Waals surface area contributed by atoms with E-state index in [4.69, 9.17) is 5.26 Å². The number of rotatable bonds is 1. The zero-order chi connectivity index (χ0) is 7.40. The van der Waals surface area contributed by atoms with E-state index in [0.29, 0.717) is 0 Å². The number of hydrogen-bond donors (Lipinski definition) is 0. The Labute approximate surface area is 86.9 Å². The maximum absolute atomic E-state index is 8.46. The van der Waals surface area contributed by atoms with Crippen molar-refractivity contribution >= 4 is 0 Å². The van der Waals surface area contributed by atoms with Crippen molar-refractivity contribution in [1.29, 1.82) is 5.26 Å². The van der Waals surface area contributed by atoms with Crippen LogP contribution < -0.4 is 17.0 Å². The molecule has 1 rings (SSSR count). The normalized spacial score (nSPS) is 8.09. The molecular formula is C8H6BrNZn. The van der Waals surface area contributed by atoms with Crippen molar-refractivity contribution in [2.75, 3.05) is 0 Å². The van der Waals surface area contributed by atoms with Gasteiger partial charge in [-0.2, -0.15) is 0 Å². The maximum atomic E-state index is 8.46. The summed E-state index contributed by atoms with van der Waals surface area (Å²) in [7, 11) is 0. The molecule has 0 radical (unpaired) electrons. The van der Waals surface area contributed by atoms with E-state index in [0.717, 1.165) is 10.6 Å². The Kier molecular flexibility index (Phi) is 5.37. The standard InChI is InChI=1S/C8H6N.BrH.Zn/c1-7-2-4-8(6-9)5-3-7;;/h2-5H,1H2;1H;/q;;+1/p-1. The number of hydrogen-bond acceptors (Lipinski definition) is 1. The van der Waals surface area contributed by atoms with Gasteiger partial charge in [-0.05, 0) is 0 Å². The molecule has 0 saturated carbocycles. The van der Waals surface area contributed by atoms with Crippen LogP contribution in [0.15, 0.2) is 24.3 Å². The minimum atomic E-state index is 0. The van der Waals surface area contributed by atoms with Gasteiger partial charge in [-0.1, -0.05) is 0 Å². The van der Waals surface area contributed by atoms with Gasteiger partial charge in [0.25, 0.3) is 0 Å². The third-order valence-electron chi connectivity index (χ3n) is 1.37. The van der Waals surface area contributed by atoms with Gasteiger partial charge in [0.1, 0.15) is 0 Å². The third-order valence-corrected chi connectivity index (χ3v) is 2.58. The molecule has 0 spiro atoms. The fourth-order valence-electron chi connectivity index (χ4n) is 0.746. The third kappa shape index (κ3) is 3.14. The van der Waals surface area contributed by atoms with Crippen molar-refractivity contribution in [3.05, 3.63) is 35.4 Å². The molecule has 0 saturated heterocycles. The molecule has 0 aliphatic rings. The van der Waals surface area contributed by atoms with Gasteiger partial charge in [-0.3, -0.25) is 0 Å². The van der Waals surface area contributed by atoms with E-state index in [2.05, 4.69) is 6.07 Å². The molecule has 1 aromatic carbocycles. The quantitative estimate of drug-likeness (QED) is 0.571. The van der Waals surface area contributed by atoms with Crippen LogP contribution in [-0.2, 0) is 23.3 Å². The van der Waals surface area contributed by atoms with Crippen molar-refractivity contribution in [1.82, 2.24) is 0 Å². The molecule has 1 nitrogen and oxygen atoms in total. The summed E-state index contributed by atoms with van der Waals surface area (Å²) >= 11 is 1.28. The smallest absolute Gasteiger partial charge is 1.00 e. The van der Waals surface area contributed by atoms with Gasteiger partial charge < -0.3 is 17.0 Å². The average molecular weight is 261 g/mol. The van der Waals surface area contributed by atoms with Crippen LogP contribution in [-0.4, -0.2) is 0 Å². The van der Waals surface area contributed by atoms with E-state index in [9.17, 15) is 0 Å². The molecule has 0 atom stereocenters. The summed E-state index contributed by atoms with van der Waals surface area (Å²) in [5.74, 6) is 0. The summed E-state index contributed by atoms with van der Waals surface area (Å²) < 4.78 is 0. The summed E-state index contributed by atoms with van der Waals surface area (Å²) in [6, 6.07) is 9.85. The second kappa shape index (κ2) is 5.46. The van der Waals surface area contributed by atoms with E-state index in [1.165, 1.54) is 23.9 Å².